The number of fused-ring (bicyclic) bond motifs is 2. The number of nitrogens with two attached hydrogens (primary N) is 1. The van der Waals surface area contributed by atoms with Crippen LogP contribution in [0.1, 0.15) is 27.9 Å². The van der Waals surface area contributed by atoms with Crippen molar-refractivity contribution in [2.45, 2.75) is 6.92 Å². The van der Waals surface area contributed by atoms with E-state index in [2.05, 4.69) is 20.4 Å². The summed E-state index contributed by atoms with van der Waals surface area (Å²) in [6.07, 6.45) is 0. The zero-order valence-corrected chi connectivity index (χ0v) is 15.0. The molecule has 0 fully saturated rings. The molecule has 138 valence electrons. The number of amides is 1. The molecule has 0 bridgehead atoms. The number of rotatable bonds is 4. The summed E-state index contributed by atoms with van der Waals surface area (Å²) in [5.74, 6) is 0.956. The molecule has 0 saturated carbocycles. The Kier molecular flexibility index (Phi) is 4.24. The lowest BCUT2D eigenvalue weighted by atomic mass is 10.0. The van der Waals surface area contributed by atoms with Gasteiger partial charge >= 0.3 is 0 Å². The fraction of sp³-hybridized carbons (Fsp3) is 0.176. The molecular formula is C17H15N5O4S. The predicted molar refractivity (Wildman–Crippen MR) is 99.8 cm³/mol. The number of anilines is 1. The molecule has 10 heteroatoms. The molecule has 0 saturated heterocycles. The van der Waals surface area contributed by atoms with E-state index >= 15 is 0 Å². The number of hydrogen-bond acceptors (Lipinski definition) is 9. The van der Waals surface area contributed by atoms with Crippen LogP contribution in [0.25, 0.3) is 10.2 Å². The van der Waals surface area contributed by atoms with Gasteiger partial charge in [0.15, 0.2) is 11.5 Å². The smallest absolute Gasteiger partial charge is 0.261 e. The van der Waals surface area contributed by atoms with Crippen LogP contribution in [0.15, 0.2) is 29.4 Å². The Balaban J connectivity index is 1.85. The van der Waals surface area contributed by atoms with Crippen molar-refractivity contribution in [3.05, 3.63) is 40.4 Å². The Morgan fingerprint density at radius 2 is 2.15 bits per heavy atom. The van der Waals surface area contributed by atoms with Crippen LogP contribution in [0.3, 0.4) is 0 Å². The summed E-state index contributed by atoms with van der Waals surface area (Å²) in [7, 11) is 0. The molecule has 3 aromatic rings. The third-order valence-corrected chi connectivity index (χ3v) is 4.97. The summed E-state index contributed by atoms with van der Waals surface area (Å²) in [4.78, 5) is 21.6. The topological polar surface area (TPSA) is 132 Å². The third-order valence-electron chi connectivity index (χ3n) is 3.94. The van der Waals surface area contributed by atoms with E-state index in [1.807, 2.05) is 6.92 Å². The summed E-state index contributed by atoms with van der Waals surface area (Å²) in [5, 5.41) is 16.4. The number of ether oxygens (including phenoxy) is 2. The normalized spacial score (nSPS) is 13.1. The number of nitrogens with one attached hydrogen (secondary N) is 1. The van der Waals surface area contributed by atoms with Crippen LogP contribution >= 0.6 is 11.3 Å². The van der Waals surface area contributed by atoms with Crippen molar-refractivity contribution >= 4 is 39.1 Å². The van der Waals surface area contributed by atoms with Gasteiger partial charge in [-0.25, -0.2) is 9.97 Å². The quantitative estimate of drug-likeness (QED) is 0.355. The molecule has 1 aromatic carbocycles. The molecule has 0 spiro atoms. The van der Waals surface area contributed by atoms with Gasteiger partial charge in [0.1, 0.15) is 16.2 Å². The Morgan fingerprint density at radius 3 is 2.93 bits per heavy atom. The zero-order valence-electron chi connectivity index (χ0n) is 14.2. The van der Waals surface area contributed by atoms with Crippen LogP contribution in [-0.4, -0.2) is 40.1 Å². The lowest BCUT2D eigenvalue weighted by molar-refractivity contribution is 0.0960. The van der Waals surface area contributed by atoms with Gasteiger partial charge in [0.2, 0.25) is 12.7 Å². The van der Waals surface area contributed by atoms with Crippen molar-refractivity contribution in [3.8, 4) is 11.5 Å². The first-order valence-electron chi connectivity index (χ1n) is 8.08. The average Bonchev–Trinajstić information content (AvgIpc) is 3.28. The number of benzene rings is 1. The van der Waals surface area contributed by atoms with Crippen LogP contribution in [0.2, 0.25) is 0 Å². The summed E-state index contributed by atoms with van der Waals surface area (Å²) in [6.45, 7) is 2.48. The number of carbonyl (C=O) groups is 1. The predicted octanol–water partition coefficient (Wildman–Crippen LogP) is 1.98. The first kappa shape index (κ1) is 17.0. The molecule has 0 radical (unpaired) electrons. The van der Waals surface area contributed by atoms with Crippen LogP contribution < -0.4 is 20.5 Å². The maximum atomic E-state index is 12.2. The second-order valence-electron chi connectivity index (χ2n) is 5.64. The second-order valence-corrected chi connectivity index (χ2v) is 6.67. The SMILES string of the molecule is CCNC(=O)c1cc2c(/C(=N\O)c3ccc4c(c3)OCO4)nc(N)nc2s1. The number of hydrogen-bond donors (Lipinski definition) is 3. The first-order chi connectivity index (χ1) is 13.1. The minimum atomic E-state index is -0.212. The number of oxime groups is 1. The molecule has 9 nitrogen and oxygen atoms in total. The van der Waals surface area contributed by atoms with Gasteiger partial charge in [0, 0.05) is 17.5 Å². The third kappa shape index (κ3) is 2.99. The van der Waals surface area contributed by atoms with Gasteiger partial charge in [-0.2, -0.15) is 0 Å². The van der Waals surface area contributed by atoms with E-state index < -0.39 is 0 Å². The standard InChI is InChI=1S/C17H15N5O4S/c1-2-19-15(23)12-6-9-14(20-17(18)21-16(9)27-12)13(22-24)8-3-4-10-11(5-8)26-7-25-10/h3-6,24H,2,7H2,1H3,(H,19,23)(H2,18,20,21)/b22-13-. The summed E-state index contributed by atoms with van der Waals surface area (Å²) < 4.78 is 10.7. The molecule has 27 heavy (non-hydrogen) atoms. The summed E-state index contributed by atoms with van der Waals surface area (Å²) >= 11 is 1.19. The van der Waals surface area contributed by atoms with Gasteiger partial charge in [0.25, 0.3) is 5.91 Å². The second kappa shape index (κ2) is 6.72. The molecule has 1 aliphatic rings. The molecule has 2 aromatic heterocycles. The fourth-order valence-electron chi connectivity index (χ4n) is 2.76. The Morgan fingerprint density at radius 1 is 1.33 bits per heavy atom. The Bertz CT molecular complexity index is 1080. The van der Waals surface area contributed by atoms with Crippen LogP contribution in [0.5, 0.6) is 11.5 Å². The lowest BCUT2D eigenvalue weighted by Gasteiger charge is -2.07. The molecule has 0 unspecified atom stereocenters. The van der Waals surface area contributed by atoms with Crippen molar-refractivity contribution in [2.75, 3.05) is 19.1 Å². The van der Waals surface area contributed by atoms with Gasteiger partial charge in [-0.1, -0.05) is 5.16 Å². The molecular weight excluding hydrogens is 370 g/mol. The largest absolute Gasteiger partial charge is 0.454 e. The monoisotopic (exact) mass is 385 g/mol. The Hall–Kier alpha value is -3.40. The molecule has 4 N–H and O–H groups in total. The summed E-state index contributed by atoms with van der Waals surface area (Å²) in [6, 6.07) is 6.80. The molecule has 1 amide bonds. The fourth-order valence-corrected chi connectivity index (χ4v) is 3.72. The van der Waals surface area contributed by atoms with Crippen LogP contribution in [0.4, 0.5) is 5.95 Å². The average molecular weight is 385 g/mol. The van der Waals surface area contributed by atoms with Crippen LogP contribution in [0, 0.1) is 0 Å². The van der Waals surface area contributed by atoms with Crippen molar-refractivity contribution in [3.63, 3.8) is 0 Å². The van der Waals surface area contributed by atoms with Gasteiger partial charge in [-0.3, -0.25) is 4.79 Å². The molecule has 4 rings (SSSR count). The summed E-state index contributed by atoms with van der Waals surface area (Å²) in [5.41, 5.74) is 6.91. The van der Waals surface area contributed by atoms with Crippen molar-refractivity contribution in [2.24, 2.45) is 5.16 Å². The Labute approximate surface area is 157 Å². The van der Waals surface area contributed by atoms with E-state index in [0.717, 1.165) is 0 Å². The van der Waals surface area contributed by atoms with E-state index in [-0.39, 0.29) is 24.4 Å². The van der Waals surface area contributed by atoms with E-state index in [9.17, 15) is 10.0 Å². The highest BCUT2D eigenvalue weighted by Crippen LogP contribution is 2.34. The van der Waals surface area contributed by atoms with Crippen molar-refractivity contribution in [1.82, 2.24) is 15.3 Å². The molecule has 0 atom stereocenters. The maximum absolute atomic E-state index is 12.2. The van der Waals surface area contributed by atoms with E-state index in [1.54, 1.807) is 24.3 Å². The maximum Gasteiger partial charge on any atom is 0.261 e. The molecule has 1 aliphatic heterocycles. The minimum Gasteiger partial charge on any atom is -0.454 e. The highest BCUT2D eigenvalue weighted by Gasteiger charge is 2.22. The van der Waals surface area contributed by atoms with E-state index in [4.69, 9.17) is 15.2 Å². The number of nitrogen functional groups attached to an aromatic ring is 1. The number of carbonyl (C=O) groups excluding carboxylic acids is 1. The van der Waals surface area contributed by atoms with Gasteiger partial charge in [0.05, 0.1) is 4.88 Å². The van der Waals surface area contributed by atoms with E-state index in [0.29, 0.717) is 44.4 Å². The van der Waals surface area contributed by atoms with Crippen molar-refractivity contribution in [1.29, 1.82) is 0 Å². The number of nitrogens with zero attached hydrogens (tertiary/aromatic N) is 3. The zero-order chi connectivity index (χ0) is 19.0. The first-order valence-corrected chi connectivity index (χ1v) is 8.90. The van der Waals surface area contributed by atoms with Crippen LogP contribution in [-0.2, 0) is 0 Å². The van der Waals surface area contributed by atoms with Gasteiger partial charge in [-0.15, -0.1) is 11.3 Å². The molecule has 0 aliphatic carbocycles. The van der Waals surface area contributed by atoms with E-state index in [1.165, 1.54) is 11.3 Å². The van der Waals surface area contributed by atoms with Gasteiger partial charge in [-0.05, 0) is 31.2 Å². The molecule has 3 heterocycles. The highest BCUT2D eigenvalue weighted by molar-refractivity contribution is 7.20. The number of aromatic nitrogens is 2. The lowest BCUT2D eigenvalue weighted by Crippen LogP contribution is -2.21. The van der Waals surface area contributed by atoms with Gasteiger partial charge < -0.3 is 25.7 Å². The highest BCUT2D eigenvalue weighted by atomic mass is 32.1. The number of thiophene rings is 1. The minimum absolute atomic E-state index is 0.0173. The van der Waals surface area contributed by atoms with Crippen molar-refractivity contribution < 1.29 is 19.5 Å².